The Morgan fingerprint density at radius 1 is 1.13 bits per heavy atom. The van der Waals surface area contributed by atoms with E-state index >= 15 is 0 Å². The molecule has 0 N–H and O–H groups in total. The van der Waals surface area contributed by atoms with Gasteiger partial charge in [-0.25, -0.2) is 0 Å². The summed E-state index contributed by atoms with van der Waals surface area (Å²) in [5.41, 5.74) is 1.46. The van der Waals surface area contributed by atoms with E-state index in [4.69, 9.17) is 20.8 Å². The van der Waals surface area contributed by atoms with Crippen LogP contribution in [0.2, 0.25) is 5.02 Å². The van der Waals surface area contributed by atoms with Crippen molar-refractivity contribution in [3.05, 3.63) is 86.3 Å². The average Bonchev–Trinajstić information content (AvgIpc) is 3.47. The lowest BCUT2D eigenvalue weighted by molar-refractivity contribution is 0.340. The van der Waals surface area contributed by atoms with Crippen LogP contribution in [0.4, 0.5) is 0 Å². The van der Waals surface area contributed by atoms with Gasteiger partial charge in [0.1, 0.15) is 21.8 Å². The maximum Gasteiger partial charge on any atom is 0.291 e. The van der Waals surface area contributed by atoms with Gasteiger partial charge in [0, 0.05) is 22.2 Å². The van der Waals surface area contributed by atoms with Crippen molar-refractivity contribution in [1.82, 2.24) is 14.6 Å². The van der Waals surface area contributed by atoms with Gasteiger partial charge in [-0.15, -0.1) is 5.10 Å². The third-order valence-corrected chi connectivity index (χ3v) is 5.81. The first-order chi connectivity index (χ1) is 15.1. The van der Waals surface area contributed by atoms with Gasteiger partial charge in [-0.05, 0) is 55.5 Å². The van der Waals surface area contributed by atoms with Crippen LogP contribution in [0.15, 0.2) is 69.9 Å². The molecule has 5 aromatic rings. The number of halogens is 1. The van der Waals surface area contributed by atoms with Crippen molar-refractivity contribution < 1.29 is 9.15 Å². The Morgan fingerprint density at radius 2 is 1.97 bits per heavy atom. The van der Waals surface area contributed by atoms with Crippen LogP contribution in [0, 0.1) is 0 Å². The average molecular weight is 450 g/mol. The second-order valence-electron chi connectivity index (χ2n) is 6.72. The molecule has 2 aromatic carbocycles. The van der Waals surface area contributed by atoms with Gasteiger partial charge < -0.3 is 9.15 Å². The molecule has 0 unspecified atom stereocenters. The third-order valence-electron chi connectivity index (χ3n) is 4.61. The van der Waals surface area contributed by atoms with Gasteiger partial charge in [0.05, 0.1) is 6.61 Å². The van der Waals surface area contributed by atoms with Crippen LogP contribution in [0.5, 0.6) is 5.75 Å². The van der Waals surface area contributed by atoms with E-state index in [1.165, 1.54) is 15.9 Å². The predicted molar refractivity (Wildman–Crippen MR) is 122 cm³/mol. The molecule has 0 aliphatic rings. The van der Waals surface area contributed by atoms with Gasteiger partial charge in [0.2, 0.25) is 4.96 Å². The van der Waals surface area contributed by atoms with Crippen LogP contribution in [0.25, 0.3) is 33.7 Å². The topological polar surface area (TPSA) is 69.6 Å². The first-order valence-corrected chi connectivity index (χ1v) is 10.8. The van der Waals surface area contributed by atoms with E-state index in [-0.39, 0.29) is 5.56 Å². The summed E-state index contributed by atoms with van der Waals surface area (Å²) < 4.78 is 13.1. The zero-order valence-corrected chi connectivity index (χ0v) is 18.0. The molecule has 0 aliphatic carbocycles. The monoisotopic (exact) mass is 449 g/mol. The van der Waals surface area contributed by atoms with Crippen LogP contribution in [-0.2, 0) is 0 Å². The number of hydrogen-bond acceptors (Lipinski definition) is 6. The van der Waals surface area contributed by atoms with Crippen molar-refractivity contribution in [2.75, 3.05) is 6.61 Å². The molecule has 6 nitrogen and oxygen atoms in total. The van der Waals surface area contributed by atoms with E-state index in [0.29, 0.717) is 38.5 Å². The highest BCUT2D eigenvalue weighted by Crippen LogP contribution is 2.25. The van der Waals surface area contributed by atoms with Crippen LogP contribution >= 0.6 is 22.9 Å². The van der Waals surface area contributed by atoms with Gasteiger partial charge in [-0.3, -0.25) is 4.79 Å². The minimum absolute atomic E-state index is 0.231. The summed E-state index contributed by atoms with van der Waals surface area (Å²) in [6.45, 7) is 2.54. The fourth-order valence-electron chi connectivity index (χ4n) is 3.18. The summed E-state index contributed by atoms with van der Waals surface area (Å²) >= 11 is 7.32. The molecule has 0 radical (unpaired) electrons. The van der Waals surface area contributed by atoms with Crippen LogP contribution in [0.1, 0.15) is 12.7 Å². The summed E-state index contributed by atoms with van der Waals surface area (Å²) in [6.07, 6.45) is 1.70. The smallest absolute Gasteiger partial charge is 0.291 e. The molecule has 3 heterocycles. The molecule has 0 bridgehead atoms. The van der Waals surface area contributed by atoms with Gasteiger partial charge in [0.25, 0.3) is 5.56 Å². The van der Waals surface area contributed by atoms with Crippen molar-refractivity contribution in [2.24, 2.45) is 0 Å². The Hall–Kier alpha value is -3.42. The fourth-order valence-corrected chi connectivity index (χ4v) is 4.26. The Kier molecular flexibility index (Phi) is 5.05. The van der Waals surface area contributed by atoms with Crippen LogP contribution < -0.4 is 14.8 Å². The molecular formula is C23H16ClN3O3S. The number of benzene rings is 2. The first kappa shape index (κ1) is 19.5. The molecule has 31 heavy (non-hydrogen) atoms. The highest BCUT2D eigenvalue weighted by Gasteiger charge is 2.13. The lowest BCUT2D eigenvalue weighted by atomic mass is 10.2. The van der Waals surface area contributed by atoms with Gasteiger partial charge in [-0.1, -0.05) is 35.1 Å². The highest BCUT2D eigenvalue weighted by atomic mass is 35.5. The molecule has 0 aliphatic heterocycles. The normalized spacial score (nSPS) is 12.0. The number of nitrogens with zero attached hydrogens (tertiary/aromatic N) is 3. The molecule has 8 heteroatoms. The Labute approximate surface area is 186 Å². The molecule has 0 atom stereocenters. The Bertz CT molecular complexity index is 1480. The fraction of sp³-hybridized carbons (Fsp3) is 0.0870. The van der Waals surface area contributed by atoms with E-state index in [2.05, 4.69) is 10.1 Å². The highest BCUT2D eigenvalue weighted by molar-refractivity contribution is 7.15. The van der Waals surface area contributed by atoms with Gasteiger partial charge in [-0.2, -0.15) is 9.50 Å². The van der Waals surface area contributed by atoms with Crippen molar-refractivity contribution in [1.29, 1.82) is 0 Å². The molecule has 0 fully saturated rings. The molecule has 0 saturated carbocycles. The van der Waals surface area contributed by atoms with Crippen molar-refractivity contribution in [3.63, 3.8) is 0 Å². The lowest BCUT2D eigenvalue weighted by Crippen LogP contribution is -2.23. The van der Waals surface area contributed by atoms with Crippen molar-refractivity contribution in [2.45, 2.75) is 6.92 Å². The summed E-state index contributed by atoms with van der Waals surface area (Å²) in [4.78, 5) is 17.8. The van der Waals surface area contributed by atoms with Gasteiger partial charge in [0.15, 0.2) is 5.82 Å². The standard InChI is InChI=1S/C23H16ClN3O3S/c1-2-29-17-8-6-14(7-9-17)21-25-23-27(26-21)22(28)20(31-23)13-18-10-11-19(30-18)15-4-3-5-16(24)12-15/h3-13H,2H2,1H3/b20-13-. The molecule has 3 aromatic heterocycles. The largest absolute Gasteiger partial charge is 0.494 e. The molecule has 154 valence electrons. The molecule has 0 spiro atoms. The van der Waals surface area contributed by atoms with Crippen molar-refractivity contribution >= 4 is 34.0 Å². The number of ether oxygens (including phenoxy) is 1. The summed E-state index contributed by atoms with van der Waals surface area (Å²) in [7, 11) is 0. The second kappa shape index (κ2) is 8.02. The SMILES string of the molecule is CCOc1ccc(-c2nc3s/c(=C\c4ccc(-c5cccc(Cl)c5)o4)c(=O)n3n2)cc1. The number of furan rings is 1. The Morgan fingerprint density at radius 3 is 2.71 bits per heavy atom. The lowest BCUT2D eigenvalue weighted by Gasteiger charge is -2.02. The van der Waals surface area contributed by atoms with E-state index in [0.717, 1.165) is 16.9 Å². The Balaban J connectivity index is 1.46. The number of hydrogen-bond donors (Lipinski definition) is 0. The minimum Gasteiger partial charge on any atom is -0.494 e. The summed E-state index contributed by atoms with van der Waals surface area (Å²) in [6, 6.07) is 18.6. The molecular weight excluding hydrogens is 434 g/mol. The maximum atomic E-state index is 12.8. The predicted octanol–water partition coefficient (Wildman–Crippen LogP) is 4.68. The van der Waals surface area contributed by atoms with Gasteiger partial charge >= 0.3 is 0 Å². The minimum atomic E-state index is -0.231. The van der Waals surface area contributed by atoms with Crippen molar-refractivity contribution in [3.8, 4) is 28.5 Å². The number of fused-ring (bicyclic) bond motifs is 1. The maximum absolute atomic E-state index is 12.8. The van der Waals surface area contributed by atoms with E-state index in [9.17, 15) is 4.79 Å². The van der Waals surface area contributed by atoms with E-state index < -0.39 is 0 Å². The second-order valence-corrected chi connectivity index (χ2v) is 8.16. The zero-order valence-electron chi connectivity index (χ0n) is 16.4. The number of rotatable bonds is 5. The number of aromatic nitrogens is 3. The quantitative estimate of drug-likeness (QED) is 0.389. The van der Waals surface area contributed by atoms with Crippen LogP contribution in [-0.4, -0.2) is 21.2 Å². The molecule has 5 rings (SSSR count). The first-order valence-electron chi connectivity index (χ1n) is 9.61. The summed E-state index contributed by atoms with van der Waals surface area (Å²) in [5.74, 6) is 2.53. The molecule has 0 saturated heterocycles. The van der Waals surface area contributed by atoms with E-state index in [1.807, 2.05) is 61.5 Å². The third kappa shape index (κ3) is 3.85. The molecule has 0 amide bonds. The zero-order chi connectivity index (χ0) is 21.4. The number of thiazole rings is 1. The van der Waals surface area contributed by atoms with E-state index in [1.54, 1.807) is 12.1 Å². The summed E-state index contributed by atoms with van der Waals surface area (Å²) in [5, 5.41) is 5.01. The van der Waals surface area contributed by atoms with Crippen LogP contribution in [0.3, 0.4) is 0 Å².